The molecule has 1 atom stereocenters. The zero-order chi connectivity index (χ0) is 12.3. The first-order valence-corrected chi connectivity index (χ1v) is 5.36. The molecule has 0 aliphatic carbocycles. The molecule has 1 fully saturated rings. The van der Waals surface area contributed by atoms with Gasteiger partial charge in [-0.25, -0.2) is 0 Å². The third-order valence-electron chi connectivity index (χ3n) is 2.64. The van der Waals surface area contributed by atoms with E-state index in [1.165, 1.54) is 0 Å². The van der Waals surface area contributed by atoms with Crippen LogP contribution in [0.2, 0.25) is 0 Å². The highest BCUT2D eigenvalue weighted by molar-refractivity contribution is 5.64. The Morgan fingerprint density at radius 3 is 2.94 bits per heavy atom. The SMILES string of the molecule is COc1cc(N)c(C#N)c(OC2CCOC2)c1. The Hall–Kier alpha value is -1.93. The highest BCUT2D eigenvalue weighted by Crippen LogP contribution is 2.31. The van der Waals surface area contributed by atoms with Gasteiger partial charge >= 0.3 is 0 Å². The number of hydrogen-bond acceptors (Lipinski definition) is 5. The van der Waals surface area contributed by atoms with Gasteiger partial charge in [-0.3, -0.25) is 0 Å². The number of rotatable bonds is 3. The molecule has 0 saturated carbocycles. The van der Waals surface area contributed by atoms with E-state index in [9.17, 15) is 0 Å². The number of ether oxygens (including phenoxy) is 3. The number of nitrogens with zero attached hydrogens (tertiary/aromatic N) is 1. The lowest BCUT2D eigenvalue weighted by molar-refractivity contribution is 0.141. The quantitative estimate of drug-likeness (QED) is 0.798. The maximum atomic E-state index is 9.05. The van der Waals surface area contributed by atoms with Crippen LogP contribution in [0.4, 0.5) is 5.69 Å². The van der Waals surface area contributed by atoms with Gasteiger partial charge in [0.2, 0.25) is 0 Å². The average molecular weight is 234 g/mol. The summed E-state index contributed by atoms with van der Waals surface area (Å²) in [5.41, 5.74) is 6.48. The van der Waals surface area contributed by atoms with E-state index in [1.54, 1.807) is 19.2 Å². The van der Waals surface area contributed by atoms with Gasteiger partial charge in [-0.2, -0.15) is 5.26 Å². The maximum Gasteiger partial charge on any atom is 0.143 e. The first kappa shape index (κ1) is 11.6. The third-order valence-corrected chi connectivity index (χ3v) is 2.64. The molecule has 0 bridgehead atoms. The fraction of sp³-hybridized carbons (Fsp3) is 0.417. The van der Waals surface area contributed by atoms with Crippen molar-refractivity contribution in [1.82, 2.24) is 0 Å². The molecule has 1 aromatic carbocycles. The van der Waals surface area contributed by atoms with E-state index in [0.717, 1.165) is 6.42 Å². The van der Waals surface area contributed by atoms with Crippen molar-refractivity contribution in [3.8, 4) is 17.6 Å². The minimum atomic E-state index is -0.0198. The zero-order valence-electron chi connectivity index (χ0n) is 9.60. The minimum Gasteiger partial charge on any atom is -0.497 e. The molecule has 17 heavy (non-hydrogen) atoms. The van der Waals surface area contributed by atoms with Crippen molar-refractivity contribution in [2.75, 3.05) is 26.1 Å². The number of benzene rings is 1. The van der Waals surface area contributed by atoms with E-state index in [4.69, 9.17) is 25.2 Å². The van der Waals surface area contributed by atoms with Crippen molar-refractivity contribution in [3.63, 3.8) is 0 Å². The largest absolute Gasteiger partial charge is 0.497 e. The number of nitrogens with two attached hydrogens (primary N) is 1. The van der Waals surface area contributed by atoms with E-state index in [2.05, 4.69) is 0 Å². The number of hydrogen-bond donors (Lipinski definition) is 1. The molecule has 1 unspecified atom stereocenters. The average Bonchev–Trinajstić information content (AvgIpc) is 2.81. The Morgan fingerprint density at radius 2 is 2.35 bits per heavy atom. The molecular weight excluding hydrogens is 220 g/mol. The van der Waals surface area contributed by atoms with Gasteiger partial charge in [0, 0.05) is 18.6 Å². The minimum absolute atomic E-state index is 0.0198. The molecule has 2 rings (SSSR count). The zero-order valence-corrected chi connectivity index (χ0v) is 9.60. The predicted octanol–water partition coefficient (Wildman–Crippen LogP) is 1.32. The first-order valence-electron chi connectivity index (χ1n) is 5.36. The van der Waals surface area contributed by atoms with Crippen LogP contribution in [0.3, 0.4) is 0 Å². The van der Waals surface area contributed by atoms with Crippen LogP contribution in [-0.2, 0) is 4.74 Å². The number of nitrogen functional groups attached to an aromatic ring is 1. The van der Waals surface area contributed by atoms with Crippen LogP contribution in [0.5, 0.6) is 11.5 Å². The summed E-state index contributed by atoms with van der Waals surface area (Å²) >= 11 is 0. The normalized spacial score (nSPS) is 18.7. The lowest BCUT2D eigenvalue weighted by Gasteiger charge is -2.15. The van der Waals surface area contributed by atoms with Gasteiger partial charge in [0.1, 0.15) is 29.2 Å². The van der Waals surface area contributed by atoms with Crippen molar-refractivity contribution in [1.29, 1.82) is 5.26 Å². The summed E-state index contributed by atoms with van der Waals surface area (Å²) in [5, 5.41) is 9.05. The van der Waals surface area contributed by atoms with Gasteiger partial charge < -0.3 is 19.9 Å². The smallest absolute Gasteiger partial charge is 0.143 e. The van der Waals surface area contributed by atoms with Gasteiger partial charge in [-0.15, -0.1) is 0 Å². The summed E-state index contributed by atoms with van der Waals surface area (Å²) in [6.45, 7) is 1.23. The molecule has 1 saturated heterocycles. The van der Waals surface area contributed by atoms with E-state index < -0.39 is 0 Å². The van der Waals surface area contributed by atoms with Gasteiger partial charge in [-0.1, -0.05) is 0 Å². The summed E-state index contributed by atoms with van der Waals surface area (Å²) < 4.78 is 16.0. The molecule has 1 heterocycles. The van der Waals surface area contributed by atoms with Crippen molar-refractivity contribution in [2.24, 2.45) is 0 Å². The summed E-state index contributed by atoms with van der Waals surface area (Å²) in [4.78, 5) is 0. The molecular formula is C12H14N2O3. The number of nitriles is 1. The molecule has 1 aliphatic rings. The molecule has 90 valence electrons. The third kappa shape index (κ3) is 2.43. The highest BCUT2D eigenvalue weighted by Gasteiger charge is 2.20. The van der Waals surface area contributed by atoms with Crippen molar-refractivity contribution >= 4 is 5.69 Å². The Balaban J connectivity index is 2.29. The topological polar surface area (TPSA) is 77.5 Å². The van der Waals surface area contributed by atoms with Gasteiger partial charge in [0.25, 0.3) is 0 Å². The molecule has 5 heteroatoms. The molecule has 1 aliphatic heterocycles. The van der Waals surface area contributed by atoms with Crippen molar-refractivity contribution in [3.05, 3.63) is 17.7 Å². The summed E-state index contributed by atoms with van der Waals surface area (Å²) in [5.74, 6) is 1.04. The monoisotopic (exact) mass is 234 g/mol. The van der Waals surface area contributed by atoms with E-state index in [0.29, 0.717) is 36.0 Å². The molecule has 1 aromatic rings. The summed E-state index contributed by atoms with van der Waals surface area (Å²) in [6, 6.07) is 5.32. The molecule has 0 spiro atoms. The Kier molecular flexibility index (Phi) is 3.35. The second kappa shape index (κ2) is 4.93. The second-order valence-corrected chi connectivity index (χ2v) is 3.81. The second-order valence-electron chi connectivity index (χ2n) is 3.81. The van der Waals surface area contributed by atoms with Crippen LogP contribution >= 0.6 is 0 Å². The fourth-order valence-electron chi connectivity index (χ4n) is 1.73. The van der Waals surface area contributed by atoms with Crippen LogP contribution < -0.4 is 15.2 Å². The Labute approximate surface area is 99.7 Å². The van der Waals surface area contributed by atoms with Crippen LogP contribution in [0.25, 0.3) is 0 Å². The van der Waals surface area contributed by atoms with Crippen LogP contribution in [0.1, 0.15) is 12.0 Å². The fourth-order valence-corrected chi connectivity index (χ4v) is 1.73. The van der Waals surface area contributed by atoms with Gasteiger partial charge in [-0.05, 0) is 0 Å². The van der Waals surface area contributed by atoms with Gasteiger partial charge in [0.15, 0.2) is 0 Å². The lowest BCUT2D eigenvalue weighted by atomic mass is 10.1. The molecule has 0 radical (unpaired) electrons. The Bertz CT molecular complexity index is 448. The van der Waals surface area contributed by atoms with E-state index >= 15 is 0 Å². The number of anilines is 1. The molecule has 5 nitrogen and oxygen atoms in total. The van der Waals surface area contributed by atoms with E-state index in [-0.39, 0.29) is 6.10 Å². The van der Waals surface area contributed by atoms with Crippen LogP contribution in [0.15, 0.2) is 12.1 Å². The van der Waals surface area contributed by atoms with Gasteiger partial charge in [0.05, 0.1) is 26.0 Å². The lowest BCUT2D eigenvalue weighted by Crippen LogP contribution is -2.16. The number of methoxy groups -OCH3 is 1. The van der Waals surface area contributed by atoms with Crippen LogP contribution in [-0.4, -0.2) is 26.4 Å². The summed E-state index contributed by atoms with van der Waals surface area (Å²) in [7, 11) is 1.54. The maximum absolute atomic E-state index is 9.05. The molecule has 0 aromatic heterocycles. The molecule has 0 amide bonds. The first-order chi connectivity index (χ1) is 8.24. The highest BCUT2D eigenvalue weighted by atomic mass is 16.5. The van der Waals surface area contributed by atoms with Crippen molar-refractivity contribution < 1.29 is 14.2 Å². The Morgan fingerprint density at radius 1 is 1.53 bits per heavy atom. The molecule has 2 N–H and O–H groups in total. The summed E-state index contributed by atoms with van der Waals surface area (Å²) in [6.07, 6.45) is 0.802. The van der Waals surface area contributed by atoms with Crippen LogP contribution in [0, 0.1) is 11.3 Å². The van der Waals surface area contributed by atoms with Crippen molar-refractivity contribution in [2.45, 2.75) is 12.5 Å². The standard InChI is InChI=1S/C12H14N2O3/c1-15-9-4-11(14)10(6-13)12(5-9)17-8-2-3-16-7-8/h4-5,8H,2-3,7,14H2,1H3. The van der Waals surface area contributed by atoms with E-state index in [1.807, 2.05) is 6.07 Å². The predicted molar refractivity (Wildman–Crippen MR) is 62.0 cm³/mol.